The van der Waals surface area contributed by atoms with E-state index in [1.807, 2.05) is 24.3 Å². The van der Waals surface area contributed by atoms with Crippen LogP contribution in [0.15, 0.2) is 79.0 Å². The lowest BCUT2D eigenvalue weighted by molar-refractivity contribution is -0.138. The summed E-state index contributed by atoms with van der Waals surface area (Å²) in [6.45, 7) is 0.188. The Balaban J connectivity index is 1.39. The zero-order chi connectivity index (χ0) is 24.8. The van der Waals surface area contributed by atoms with Crippen molar-refractivity contribution in [1.82, 2.24) is 4.98 Å². The number of ether oxygens (including phenoxy) is 1. The van der Waals surface area contributed by atoms with Crippen molar-refractivity contribution >= 4 is 39.8 Å². The van der Waals surface area contributed by atoms with Crippen LogP contribution in [0, 0.1) is 0 Å². The van der Waals surface area contributed by atoms with Gasteiger partial charge in [0, 0.05) is 29.5 Å². The number of nitrogens with one attached hydrogen (secondary N) is 2. The van der Waals surface area contributed by atoms with Crippen molar-refractivity contribution in [1.29, 1.82) is 0 Å². The number of nitrogens with two attached hydrogens (primary N) is 2. The van der Waals surface area contributed by atoms with Crippen LogP contribution in [0.5, 0.6) is 5.75 Å². The summed E-state index contributed by atoms with van der Waals surface area (Å²) < 4.78 is 5.55. The molecule has 0 saturated heterocycles. The number of hydrogen-bond donors (Lipinski definition) is 5. The van der Waals surface area contributed by atoms with E-state index < -0.39 is 12.0 Å². The minimum absolute atomic E-state index is 0.193. The Hall–Kier alpha value is -4.63. The van der Waals surface area contributed by atoms with Crippen LogP contribution in [0.3, 0.4) is 0 Å². The van der Waals surface area contributed by atoms with Crippen molar-refractivity contribution in [3.05, 3.63) is 90.1 Å². The van der Waals surface area contributed by atoms with Crippen LogP contribution in [0.25, 0.3) is 10.8 Å². The number of carbonyl (C=O) groups is 2. The number of carboxylic acids is 1. The molecule has 0 aliphatic rings. The molecule has 0 bridgehead atoms. The molecule has 1 atom stereocenters. The highest BCUT2D eigenvalue weighted by Gasteiger charge is 2.20. The van der Waals surface area contributed by atoms with Crippen molar-refractivity contribution in [3.8, 4) is 5.75 Å². The monoisotopic (exact) mass is 471 g/mol. The maximum absolute atomic E-state index is 12.2. The van der Waals surface area contributed by atoms with Gasteiger partial charge in [-0.1, -0.05) is 24.3 Å². The number of nitrogens with zero attached hydrogens (tertiary/aromatic N) is 1. The third-order valence-electron chi connectivity index (χ3n) is 5.38. The number of anilines is 3. The van der Waals surface area contributed by atoms with Gasteiger partial charge in [0.15, 0.2) is 12.6 Å². The molecule has 9 heteroatoms. The molecule has 0 aliphatic heterocycles. The third-order valence-corrected chi connectivity index (χ3v) is 5.38. The van der Waals surface area contributed by atoms with E-state index in [0.717, 1.165) is 16.3 Å². The number of pyridine rings is 1. The Morgan fingerprint density at radius 2 is 1.80 bits per heavy atom. The van der Waals surface area contributed by atoms with Gasteiger partial charge in [0.1, 0.15) is 11.6 Å². The van der Waals surface area contributed by atoms with E-state index in [1.165, 1.54) is 0 Å². The molecule has 4 rings (SSSR count). The fraction of sp³-hybridized carbons (Fsp3) is 0.115. The molecule has 0 saturated carbocycles. The van der Waals surface area contributed by atoms with Gasteiger partial charge in [0.2, 0.25) is 0 Å². The number of benzene rings is 3. The molecule has 1 aromatic heterocycles. The predicted octanol–water partition coefficient (Wildman–Crippen LogP) is 3.53. The van der Waals surface area contributed by atoms with Crippen LogP contribution in [-0.2, 0) is 16.1 Å². The average molecular weight is 472 g/mol. The molecular weight excluding hydrogens is 446 g/mol. The van der Waals surface area contributed by atoms with E-state index in [4.69, 9.17) is 16.2 Å². The minimum atomic E-state index is -1.04. The standard InChI is InChI=1S/C26H25N5O4/c27-14-16-2-1-3-19(12-16)30-23(32)15-35-21-7-4-17(5-8-21)24(26(33)34)31-20-6-9-22-18(13-20)10-11-29-25(22)28/h1-13,24,31H,14-15,27H2,(H2,28,29)(H,30,32)(H,33,34). The Kier molecular flexibility index (Phi) is 7.08. The maximum atomic E-state index is 12.2. The second kappa shape index (κ2) is 10.5. The molecule has 0 spiro atoms. The maximum Gasteiger partial charge on any atom is 0.330 e. The third kappa shape index (κ3) is 5.84. The van der Waals surface area contributed by atoms with E-state index in [2.05, 4.69) is 15.6 Å². The molecule has 1 unspecified atom stereocenters. The molecule has 4 aromatic rings. The van der Waals surface area contributed by atoms with Gasteiger partial charge >= 0.3 is 5.97 Å². The van der Waals surface area contributed by atoms with Crippen LogP contribution in [0.1, 0.15) is 17.2 Å². The van der Waals surface area contributed by atoms with Gasteiger partial charge in [0.05, 0.1) is 0 Å². The molecule has 7 N–H and O–H groups in total. The number of carboxylic acid groups (broad SMARTS) is 1. The van der Waals surface area contributed by atoms with Gasteiger partial charge in [-0.3, -0.25) is 4.79 Å². The molecule has 9 nitrogen and oxygen atoms in total. The lowest BCUT2D eigenvalue weighted by Gasteiger charge is -2.17. The number of amides is 1. The first-order valence-corrected chi connectivity index (χ1v) is 10.9. The summed E-state index contributed by atoms with van der Waals surface area (Å²) in [4.78, 5) is 28.2. The number of hydrogen-bond acceptors (Lipinski definition) is 7. The topological polar surface area (TPSA) is 153 Å². The summed E-state index contributed by atoms with van der Waals surface area (Å²) in [6, 6.07) is 20.0. The number of rotatable bonds is 9. The van der Waals surface area contributed by atoms with Crippen molar-refractivity contribution in [2.75, 3.05) is 23.0 Å². The highest BCUT2D eigenvalue weighted by atomic mass is 16.5. The molecule has 1 heterocycles. The number of aliphatic carboxylic acids is 1. The van der Waals surface area contributed by atoms with Crippen LogP contribution in [0.4, 0.5) is 17.2 Å². The number of nitrogen functional groups attached to an aromatic ring is 1. The molecular formula is C26H25N5O4. The van der Waals surface area contributed by atoms with Crippen molar-refractivity contribution in [2.45, 2.75) is 12.6 Å². The van der Waals surface area contributed by atoms with Gasteiger partial charge in [-0.15, -0.1) is 0 Å². The molecule has 35 heavy (non-hydrogen) atoms. The normalized spacial score (nSPS) is 11.6. The van der Waals surface area contributed by atoms with E-state index in [1.54, 1.807) is 54.7 Å². The zero-order valence-corrected chi connectivity index (χ0v) is 18.8. The summed E-state index contributed by atoms with van der Waals surface area (Å²) in [5.41, 5.74) is 14.2. The Morgan fingerprint density at radius 3 is 2.54 bits per heavy atom. The lowest BCUT2D eigenvalue weighted by Crippen LogP contribution is -2.21. The Bertz CT molecular complexity index is 1360. The Morgan fingerprint density at radius 1 is 1.00 bits per heavy atom. The Labute approximate surface area is 201 Å². The van der Waals surface area contributed by atoms with E-state index >= 15 is 0 Å². The summed E-state index contributed by atoms with van der Waals surface area (Å²) in [5, 5.41) is 17.2. The van der Waals surface area contributed by atoms with Crippen LogP contribution in [0.2, 0.25) is 0 Å². The quantitative estimate of drug-likeness (QED) is 0.248. The first kappa shape index (κ1) is 23.5. The first-order chi connectivity index (χ1) is 16.9. The molecule has 178 valence electrons. The molecule has 0 radical (unpaired) electrons. The summed E-state index contributed by atoms with van der Waals surface area (Å²) in [6.07, 6.45) is 1.60. The van der Waals surface area contributed by atoms with Crippen LogP contribution in [-0.4, -0.2) is 28.6 Å². The van der Waals surface area contributed by atoms with Crippen molar-refractivity contribution < 1.29 is 19.4 Å². The largest absolute Gasteiger partial charge is 0.484 e. The summed E-state index contributed by atoms with van der Waals surface area (Å²) in [5.74, 6) is -0.498. The molecule has 3 aromatic carbocycles. The minimum Gasteiger partial charge on any atom is -0.484 e. The van der Waals surface area contributed by atoms with Crippen LogP contribution >= 0.6 is 0 Å². The van der Waals surface area contributed by atoms with E-state index in [0.29, 0.717) is 35.1 Å². The fourth-order valence-corrected chi connectivity index (χ4v) is 3.62. The van der Waals surface area contributed by atoms with Gasteiger partial charge in [-0.05, 0) is 65.0 Å². The predicted molar refractivity (Wildman–Crippen MR) is 135 cm³/mol. The van der Waals surface area contributed by atoms with Gasteiger partial charge in [-0.25, -0.2) is 9.78 Å². The highest BCUT2D eigenvalue weighted by molar-refractivity contribution is 5.93. The average Bonchev–Trinajstić information content (AvgIpc) is 2.86. The highest BCUT2D eigenvalue weighted by Crippen LogP contribution is 2.27. The first-order valence-electron chi connectivity index (χ1n) is 10.9. The second-order valence-corrected chi connectivity index (χ2v) is 7.86. The summed E-state index contributed by atoms with van der Waals surface area (Å²) >= 11 is 0. The second-order valence-electron chi connectivity index (χ2n) is 7.86. The van der Waals surface area contributed by atoms with Gasteiger partial charge in [-0.2, -0.15) is 0 Å². The number of carbonyl (C=O) groups excluding carboxylic acids is 1. The SMILES string of the molecule is NCc1cccc(NC(=O)COc2ccc(C(Nc3ccc4c(N)nccc4c3)C(=O)O)cc2)c1. The molecule has 0 aliphatic carbocycles. The van der Waals surface area contributed by atoms with Crippen molar-refractivity contribution in [2.24, 2.45) is 5.73 Å². The van der Waals surface area contributed by atoms with Crippen molar-refractivity contribution in [3.63, 3.8) is 0 Å². The number of fused-ring (bicyclic) bond motifs is 1. The lowest BCUT2D eigenvalue weighted by atomic mass is 10.1. The molecule has 0 fully saturated rings. The number of aromatic nitrogens is 1. The summed E-state index contributed by atoms with van der Waals surface area (Å²) in [7, 11) is 0. The molecule has 1 amide bonds. The van der Waals surface area contributed by atoms with Crippen LogP contribution < -0.4 is 26.8 Å². The van der Waals surface area contributed by atoms with Gasteiger partial charge < -0.3 is 31.9 Å². The van der Waals surface area contributed by atoms with E-state index in [-0.39, 0.29) is 12.5 Å². The fourth-order valence-electron chi connectivity index (χ4n) is 3.62. The van der Waals surface area contributed by atoms with E-state index in [9.17, 15) is 14.7 Å². The zero-order valence-electron chi connectivity index (χ0n) is 18.8. The smallest absolute Gasteiger partial charge is 0.330 e. The van der Waals surface area contributed by atoms with Gasteiger partial charge in [0.25, 0.3) is 5.91 Å².